The molecule has 0 spiro atoms. The molecule has 22 heavy (non-hydrogen) atoms. The number of nitrogens with zero attached hydrogens (tertiary/aromatic N) is 2. The minimum Gasteiger partial charge on any atom is -0.497 e. The molecule has 2 aliphatic heterocycles. The van der Waals surface area contributed by atoms with Crippen LogP contribution in [0.3, 0.4) is 0 Å². The van der Waals surface area contributed by atoms with E-state index in [4.69, 9.17) is 9.47 Å². The summed E-state index contributed by atoms with van der Waals surface area (Å²) in [5.74, 6) is 2.29. The van der Waals surface area contributed by atoms with Crippen LogP contribution in [0.5, 0.6) is 11.5 Å². The van der Waals surface area contributed by atoms with Crippen molar-refractivity contribution in [3.8, 4) is 11.5 Å². The van der Waals surface area contributed by atoms with Crippen LogP contribution in [0.2, 0.25) is 0 Å². The zero-order valence-electron chi connectivity index (χ0n) is 13.0. The van der Waals surface area contributed by atoms with E-state index in [1.165, 1.54) is 0 Å². The maximum Gasteiger partial charge on any atom is 0.277 e. The first-order valence-electron chi connectivity index (χ1n) is 7.56. The molecule has 116 valence electrons. The van der Waals surface area contributed by atoms with Crippen LogP contribution in [-0.4, -0.2) is 37.4 Å². The fraction of sp³-hybridized carbons (Fsp3) is 0.412. The zero-order chi connectivity index (χ0) is 15.5. The minimum absolute atomic E-state index is 0.00484. The number of aliphatic imine (C=N–C) groups is 1. The Labute approximate surface area is 130 Å². The number of amidine groups is 1. The van der Waals surface area contributed by atoms with Crippen molar-refractivity contribution < 1.29 is 14.3 Å². The van der Waals surface area contributed by atoms with Crippen molar-refractivity contribution in [2.24, 2.45) is 4.99 Å². The van der Waals surface area contributed by atoms with Crippen LogP contribution in [0.15, 0.2) is 28.9 Å². The molecule has 3 rings (SSSR count). The Balaban J connectivity index is 1.94. The number of hydrogen-bond donors (Lipinski definition) is 0. The topological polar surface area (TPSA) is 51.1 Å². The number of hydrogen-bond acceptors (Lipinski definition) is 4. The van der Waals surface area contributed by atoms with Gasteiger partial charge in [-0.15, -0.1) is 0 Å². The number of amides is 1. The van der Waals surface area contributed by atoms with Crippen molar-refractivity contribution in [2.75, 3.05) is 20.8 Å². The van der Waals surface area contributed by atoms with E-state index in [0.29, 0.717) is 11.4 Å². The van der Waals surface area contributed by atoms with E-state index in [-0.39, 0.29) is 5.91 Å². The first-order valence-corrected chi connectivity index (χ1v) is 7.56. The lowest BCUT2D eigenvalue weighted by Gasteiger charge is -2.14. The summed E-state index contributed by atoms with van der Waals surface area (Å²) in [5.41, 5.74) is 1.31. The highest BCUT2D eigenvalue weighted by Gasteiger charge is 2.30. The molecule has 1 aromatic rings. The summed E-state index contributed by atoms with van der Waals surface area (Å²) in [5, 5.41) is 0. The van der Waals surface area contributed by atoms with Crippen LogP contribution < -0.4 is 9.47 Å². The van der Waals surface area contributed by atoms with Crippen molar-refractivity contribution in [2.45, 2.75) is 25.7 Å². The van der Waals surface area contributed by atoms with Gasteiger partial charge in [0.2, 0.25) is 0 Å². The van der Waals surface area contributed by atoms with E-state index in [2.05, 4.69) is 4.99 Å². The molecule has 0 bridgehead atoms. The highest BCUT2D eigenvalue weighted by Crippen LogP contribution is 2.29. The van der Waals surface area contributed by atoms with Gasteiger partial charge in [-0.1, -0.05) is 6.42 Å². The maximum atomic E-state index is 12.5. The molecule has 0 atom stereocenters. The third-order valence-electron chi connectivity index (χ3n) is 4.04. The van der Waals surface area contributed by atoms with Crippen LogP contribution >= 0.6 is 0 Å². The van der Waals surface area contributed by atoms with Gasteiger partial charge in [0, 0.05) is 24.6 Å². The molecule has 1 amide bonds. The Hall–Kier alpha value is -2.30. The van der Waals surface area contributed by atoms with E-state index in [1.807, 2.05) is 17.0 Å². The Morgan fingerprint density at radius 3 is 2.82 bits per heavy atom. The smallest absolute Gasteiger partial charge is 0.277 e. The molecule has 0 aromatic heterocycles. The van der Waals surface area contributed by atoms with Gasteiger partial charge in [0.05, 0.1) is 14.2 Å². The van der Waals surface area contributed by atoms with Crippen LogP contribution in [0.25, 0.3) is 6.08 Å². The van der Waals surface area contributed by atoms with Crippen molar-refractivity contribution in [3.05, 3.63) is 29.5 Å². The van der Waals surface area contributed by atoms with Gasteiger partial charge in [0.15, 0.2) is 0 Å². The number of carbonyl (C=O) groups excluding carboxylic acids is 1. The average Bonchev–Trinajstić information content (AvgIpc) is 2.72. The van der Waals surface area contributed by atoms with Crippen molar-refractivity contribution in [1.82, 2.24) is 4.90 Å². The number of fused-ring (bicyclic) bond motifs is 1. The molecule has 0 saturated carbocycles. The molecule has 0 N–H and O–H groups in total. The highest BCUT2D eigenvalue weighted by molar-refractivity contribution is 6.14. The quantitative estimate of drug-likeness (QED) is 0.807. The second-order valence-electron chi connectivity index (χ2n) is 5.43. The molecule has 1 aromatic carbocycles. The molecule has 5 nitrogen and oxygen atoms in total. The summed E-state index contributed by atoms with van der Waals surface area (Å²) in [6.45, 7) is 0.773. The summed E-state index contributed by atoms with van der Waals surface area (Å²) in [4.78, 5) is 18.8. The number of rotatable bonds is 3. The standard InChI is InChI=1S/C17H20N2O3/c1-21-13-8-7-12(15(11-13)22-2)10-14-17(20)19-9-5-3-4-6-16(19)18-14/h7-8,10-11H,3-6,9H2,1-2H3/b14-10+. The SMILES string of the molecule is COc1ccc(/C=C2/N=C3CCCCCN3C2=O)c(OC)c1. The van der Waals surface area contributed by atoms with Gasteiger partial charge in [-0.2, -0.15) is 0 Å². The Morgan fingerprint density at radius 1 is 1.18 bits per heavy atom. The summed E-state index contributed by atoms with van der Waals surface area (Å²) >= 11 is 0. The van der Waals surface area contributed by atoms with Gasteiger partial charge >= 0.3 is 0 Å². The molecular weight excluding hydrogens is 280 g/mol. The van der Waals surface area contributed by atoms with Crippen LogP contribution in [0, 0.1) is 0 Å². The molecule has 2 aliphatic rings. The molecule has 5 heteroatoms. The summed E-state index contributed by atoms with van der Waals surface area (Å²) in [6, 6.07) is 5.53. The summed E-state index contributed by atoms with van der Waals surface area (Å²) in [6.07, 6.45) is 5.98. The largest absolute Gasteiger partial charge is 0.497 e. The minimum atomic E-state index is -0.00484. The molecule has 0 aliphatic carbocycles. The van der Waals surface area contributed by atoms with Gasteiger partial charge in [-0.3, -0.25) is 9.69 Å². The predicted octanol–water partition coefficient (Wildman–Crippen LogP) is 2.86. The van der Waals surface area contributed by atoms with E-state index in [9.17, 15) is 4.79 Å². The molecule has 2 heterocycles. The van der Waals surface area contributed by atoms with Gasteiger partial charge in [0.25, 0.3) is 5.91 Å². The molecule has 1 saturated heterocycles. The van der Waals surface area contributed by atoms with Gasteiger partial charge in [-0.25, -0.2) is 4.99 Å². The lowest BCUT2D eigenvalue weighted by Crippen LogP contribution is -2.31. The lowest BCUT2D eigenvalue weighted by atomic mass is 10.1. The molecule has 0 radical (unpaired) electrons. The van der Waals surface area contributed by atoms with Crippen molar-refractivity contribution in [3.63, 3.8) is 0 Å². The van der Waals surface area contributed by atoms with Crippen LogP contribution in [0.4, 0.5) is 0 Å². The molecule has 0 unspecified atom stereocenters. The maximum absolute atomic E-state index is 12.5. The van der Waals surface area contributed by atoms with Gasteiger partial charge in [0.1, 0.15) is 23.0 Å². The predicted molar refractivity (Wildman–Crippen MR) is 85.1 cm³/mol. The number of benzene rings is 1. The Bertz CT molecular complexity index is 649. The number of ether oxygens (including phenoxy) is 2. The van der Waals surface area contributed by atoms with Gasteiger partial charge < -0.3 is 9.47 Å². The van der Waals surface area contributed by atoms with Gasteiger partial charge in [-0.05, 0) is 31.1 Å². The Morgan fingerprint density at radius 2 is 2.05 bits per heavy atom. The average molecular weight is 300 g/mol. The van der Waals surface area contributed by atoms with E-state index < -0.39 is 0 Å². The Kier molecular flexibility index (Phi) is 4.13. The third-order valence-corrected chi connectivity index (χ3v) is 4.04. The monoisotopic (exact) mass is 300 g/mol. The van der Waals surface area contributed by atoms with E-state index in [1.54, 1.807) is 26.4 Å². The van der Waals surface area contributed by atoms with E-state index >= 15 is 0 Å². The zero-order valence-corrected chi connectivity index (χ0v) is 13.0. The summed E-state index contributed by atoms with van der Waals surface area (Å²) < 4.78 is 10.6. The first kappa shape index (κ1) is 14.6. The second kappa shape index (κ2) is 6.22. The third kappa shape index (κ3) is 2.71. The second-order valence-corrected chi connectivity index (χ2v) is 5.43. The van der Waals surface area contributed by atoms with E-state index in [0.717, 1.165) is 49.4 Å². The number of methoxy groups -OCH3 is 2. The lowest BCUT2D eigenvalue weighted by molar-refractivity contribution is -0.122. The first-order chi connectivity index (χ1) is 10.7. The fourth-order valence-corrected chi connectivity index (χ4v) is 2.83. The highest BCUT2D eigenvalue weighted by atomic mass is 16.5. The summed E-state index contributed by atoms with van der Waals surface area (Å²) in [7, 11) is 3.22. The van der Waals surface area contributed by atoms with Crippen molar-refractivity contribution >= 4 is 17.8 Å². The van der Waals surface area contributed by atoms with Crippen LogP contribution in [0.1, 0.15) is 31.2 Å². The van der Waals surface area contributed by atoms with Crippen molar-refractivity contribution in [1.29, 1.82) is 0 Å². The molecule has 1 fully saturated rings. The van der Waals surface area contributed by atoms with Crippen LogP contribution in [-0.2, 0) is 4.79 Å². The number of carbonyl (C=O) groups is 1. The normalized spacial score (nSPS) is 19.7. The molecular formula is C17H20N2O3. The fourth-order valence-electron chi connectivity index (χ4n) is 2.83.